The van der Waals surface area contributed by atoms with E-state index in [0.29, 0.717) is 28.3 Å². The lowest BCUT2D eigenvalue weighted by Crippen LogP contribution is -2.28. The van der Waals surface area contributed by atoms with Crippen molar-refractivity contribution in [3.8, 4) is 11.5 Å². The molecule has 0 saturated heterocycles. The summed E-state index contributed by atoms with van der Waals surface area (Å²) in [6.45, 7) is 2.06. The summed E-state index contributed by atoms with van der Waals surface area (Å²) in [4.78, 5) is 16.2. The average molecular weight is 454 g/mol. The zero-order valence-corrected chi connectivity index (χ0v) is 18.8. The van der Waals surface area contributed by atoms with Crippen molar-refractivity contribution in [2.45, 2.75) is 51.4 Å². The van der Waals surface area contributed by atoms with Gasteiger partial charge in [-0.3, -0.25) is 0 Å². The number of aryl methyl sites for hydroxylation is 1. The molecule has 3 unspecified atom stereocenters. The molecule has 6 nitrogen and oxygen atoms in total. The number of carboxylic acids is 1. The second-order valence-electron chi connectivity index (χ2n) is 8.51. The van der Waals surface area contributed by atoms with E-state index in [2.05, 4.69) is 4.98 Å². The molecular weight excluding hydrogens is 425 g/mol. The molecule has 1 aliphatic rings. The Kier molecular flexibility index (Phi) is 7.20. The van der Waals surface area contributed by atoms with Gasteiger partial charge in [0.15, 0.2) is 0 Å². The van der Waals surface area contributed by atoms with Crippen molar-refractivity contribution in [2.75, 3.05) is 7.11 Å². The topological polar surface area (TPSA) is 81.8 Å². The highest BCUT2D eigenvalue weighted by Crippen LogP contribution is 2.38. The predicted octanol–water partition coefficient (Wildman–Crippen LogP) is 5.95. The van der Waals surface area contributed by atoms with Crippen LogP contribution in [-0.2, 0) is 16.1 Å². The van der Waals surface area contributed by atoms with Crippen molar-refractivity contribution in [2.24, 2.45) is 5.92 Å². The third-order valence-electron chi connectivity index (χ3n) is 6.30. The summed E-state index contributed by atoms with van der Waals surface area (Å²) in [7, 11) is 1.66. The van der Waals surface area contributed by atoms with Crippen LogP contribution in [0.25, 0.3) is 11.5 Å². The van der Waals surface area contributed by atoms with Gasteiger partial charge >= 0.3 is 5.97 Å². The van der Waals surface area contributed by atoms with Gasteiger partial charge in [0.2, 0.25) is 5.89 Å². The van der Waals surface area contributed by atoms with Gasteiger partial charge in [0.1, 0.15) is 23.9 Å². The highest BCUT2D eigenvalue weighted by atomic mass is 19.1. The molecule has 0 spiro atoms. The van der Waals surface area contributed by atoms with Gasteiger partial charge in [-0.15, -0.1) is 0 Å². The summed E-state index contributed by atoms with van der Waals surface area (Å²) in [5.41, 5.74) is 3.14. The van der Waals surface area contributed by atoms with Crippen LogP contribution in [0.1, 0.15) is 59.0 Å². The van der Waals surface area contributed by atoms with Gasteiger partial charge in [0, 0.05) is 12.7 Å². The van der Waals surface area contributed by atoms with Crippen molar-refractivity contribution in [1.29, 1.82) is 0 Å². The molecule has 0 amide bonds. The van der Waals surface area contributed by atoms with Gasteiger partial charge in [-0.05, 0) is 67.5 Å². The number of carboxylic acid groups (broad SMARTS) is 1. The van der Waals surface area contributed by atoms with E-state index in [0.717, 1.165) is 31.2 Å². The highest BCUT2D eigenvalue weighted by molar-refractivity contribution is 5.91. The number of nitrogens with zero attached hydrogens (tertiary/aromatic N) is 1. The minimum absolute atomic E-state index is 0.00651. The molecule has 0 aliphatic heterocycles. The minimum Gasteiger partial charge on any atom is -0.478 e. The number of benzene rings is 2. The molecular formula is C26H28FNO5. The van der Waals surface area contributed by atoms with Crippen LogP contribution in [0.2, 0.25) is 0 Å². The lowest BCUT2D eigenvalue weighted by molar-refractivity contribution is -0.0376. The van der Waals surface area contributed by atoms with E-state index in [1.807, 2.05) is 6.07 Å². The molecule has 1 heterocycles. The van der Waals surface area contributed by atoms with Gasteiger partial charge in [0.05, 0.1) is 18.3 Å². The normalized spacial score (nSPS) is 19.4. The molecule has 1 saturated carbocycles. The van der Waals surface area contributed by atoms with Gasteiger partial charge in [-0.25, -0.2) is 14.2 Å². The maximum Gasteiger partial charge on any atom is 0.336 e. The number of carbonyl (C=O) groups is 1. The van der Waals surface area contributed by atoms with Gasteiger partial charge in [0.25, 0.3) is 0 Å². The average Bonchev–Trinajstić information content (AvgIpc) is 3.28. The van der Waals surface area contributed by atoms with E-state index in [9.17, 15) is 14.3 Å². The van der Waals surface area contributed by atoms with Crippen LogP contribution in [0.5, 0.6) is 0 Å². The number of aromatic carboxylic acids is 1. The lowest BCUT2D eigenvalue weighted by atomic mass is 9.82. The Hall–Kier alpha value is -3.03. The van der Waals surface area contributed by atoms with Crippen molar-refractivity contribution in [1.82, 2.24) is 4.98 Å². The number of hydrogen-bond donors (Lipinski definition) is 1. The fraction of sp³-hybridized carbons (Fsp3) is 0.385. The molecule has 3 atom stereocenters. The fourth-order valence-electron chi connectivity index (χ4n) is 4.67. The Balaban J connectivity index is 1.43. The Morgan fingerprint density at radius 1 is 1.24 bits per heavy atom. The maximum absolute atomic E-state index is 13.2. The molecule has 0 bridgehead atoms. The third-order valence-corrected chi connectivity index (χ3v) is 6.30. The number of oxazole rings is 1. The number of ether oxygens (including phenoxy) is 2. The number of hydrogen-bond acceptors (Lipinski definition) is 5. The monoisotopic (exact) mass is 453 g/mol. The molecule has 1 aromatic heterocycles. The first-order valence-electron chi connectivity index (χ1n) is 11.1. The first-order valence-corrected chi connectivity index (χ1v) is 11.1. The number of methoxy groups -OCH3 is 1. The summed E-state index contributed by atoms with van der Waals surface area (Å²) < 4.78 is 30.8. The number of halogens is 1. The Bertz CT molecular complexity index is 1090. The zero-order valence-electron chi connectivity index (χ0n) is 18.8. The first-order chi connectivity index (χ1) is 16.0. The van der Waals surface area contributed by atoms with Crippen LogP contribution in [-0.4, -0.2) is 29.3 Å². The largest absolute Gasteiger partial charge is 0.478 e. The maximum atomic E-state index is 13.2. The van der Waals surface area contributed by atoms with Gasteiger partial charge in [-0.1, -0.05) is 24.6 Å². The number of aromatic nitrogens is 1. The Morgan fingerprint density at radius 2 is 2.03 bits per heavy atom. The van der Waals surface area contributed by atoms with Crippen LogP contribution < -0.4 is 0 Å². The molecule has 1 N–H and O–H groups in total. The van der Waals surface area contributed by atoms with Crippen LogP contribution in [0.3, 0.4) is 0 Å². The second-order valence-corrected chi connectivity index (χ2v) is 8.51. The van der Waals surface area contributed by atoms with E-state index in [1.54, 1.807) is 44.6 Å². The molecule has 1 aliphatic carbocycles. The van der Waals surface area contributed by atoms with Crippen LogP contribution in [0.4, 0.5) is 4.39 Å². The van der Waals surface area contributed by atoms with Gasteiger partial charge in [-0.2, -0.15) is 0 Å². The molecule has 174 valence electrons. The van der Waals surface area contributed by atoms with Crippen molar-refractivity contribution in [3.63, 3.8) is 0 Å². The lowest BCUT2D eigenvalue weighted by Gasteiger charge is -2.33. The predicted molar refractivity (Wildman–Crippen MR) is 120 cm³/mol. The molecule has 3 aromatic rings. The molecule has 0 radical (unpaired) electrons. The van der Waals surface area contributed by atoms with Gasteiger partial charge < -0.3 is 19.0 Å². The minimum atomic E-state index is -0.935. The SMILES string of the molecule is COC(c1coc(-c2ccc(F)cc2)n1)C1CCCC(OCc2cccc(C)c2C(=O)O)C1. The van der Waals surface area contributed by atoms with E-state index in [-0.39, 0.29) is 30.5 Å². The van der Waals surface area contributed by atoms with E-state index in [4.69, 9.17) is 13.9 Å². The molecule has 7 heteroatoms. The third kappa shape index (κ3) is 5.31. The summed E-state index contributed by atoms with van der Waals surface area (Å²) in [6.07, 6.45) is 5.02. The quantitative estimate of drug-likeness (QED) is 0.454. The van der Waals surface area contributed by atoms with Crippen LogP contribution in [0.15, 0.2) is 53.1 Å². The van der Waals surface area contributed by atoms with Crippen LogP contribution in [0, 0.1) is 18.7 Å². The van der Waals surface area contributed by atoms with E-state index < -0.39 is 5.97 Å². The van der Waals surface area contributed by atoms with Crippen molar-refractivity contribution < 1.29 is 28.2 Å². The molecule has 1 fully saturated rings. The molecule has 2 aromatic carbocycles. The standard InChI is InChI=1S/C26H28FNO5/c1-16-5-3-7-19(23(16)26(29)30)14-32-21-8-4-6-18(13-21)24(31-2)22-15-33-25(28-22)17-9-11-20(27)12-10-17/h3,5,7,9-12,15,18,21,24H,4,6,8,13-14H2,1-2H3,(H,29,30). The summed E-state index contributed by atoms with van der Waals surface area (Å²) in [5.74, 6) is -0.627. The highest BCUT2D eigenvalue weighted by Gasteiger charge is 2.32. The Labute approximate surface area is 192 Å². The molecule has 33 heavy (non-hydrogen) atoms. The molecule has 4 rings (SSSR count). The zero-order chi connectivity index (χ0) is 23.4. The van der Waals surface area contributed by atoms with Crippen molar-refractivity contribution in [3.05, 3.63) is 76.9 Å². The van der Waals surface area contributed by atoms with E-state index >= 15 is 0 Å². The Morgan fingerprint density at radius 3 is 2.76 bits per heavy atom. The summed E-state index contributed by atoms with van der Waals surface area (Å²) in [6, 6.07) is 11.5. The first kappa shape index (κ1) is 23.1. The smallest absolute Gasteiger partial charge is 0.336 e. The summed E-state index contributed by atoms with van der Waals surface area (Å²) >= 11 is 0. The number of rotatable bonds is 8. The fourth-order valence-corrected chi connectivity index (χ4v) is 4.67. The van der Waals surface area contributed by atoms with E-state index in [1.165, 1.54) is 12.1 Å². The van der Waals surface area contributed by atoms with Crippen LogP contribution >= 0.6 is 0 Å². The summed E-state index contributed by atoms with van der Waals surface area (Å²) in [5, 5.41) is 9.55. The van der Waals surface area contributed by atoms with Crippen molar-refractivity contribution >= 4 is 5.97 Å². The second kappa shape index (κ2) is 10.3.